The zero-order chi connectivity index (χ0) is 18.5. The summed E-state index contributed by atoms with van der Waals surface area (Å²) >= 11 is 0. The van der Waals surface area contributed by atoms with E-state index in [9.17, 15) is 9.59 Å². The minimum Gasteiger partial charge on any atom is -0.496 e. The van der Waals surface area contributed by atoms with E-state index in [0.717, 1.165) is 0 Å². The van der Waals surface area contributed by atoms with Crippen molar-refractivity contribution in [3.05, 3.63) is 59.7 Å². The maximum Gasteiger partial charge on any atom is 0.261 e. The molecule has 1 saturated heterocycles. The van der Waals surface area contributed by atoms with Gasteiger partial charge in [0.15, 0.2) is 0 Å². The third-order valence-corrected chi connectivity index (χ3v) is 4.52. The van der Waals surface area contributed by atoms with E-state index in [-0.39, 0.29) is 11.8 Å². The summed E-state index contributed by atoms with van der Waals surface area (Å²) in [5.74, 6) is 0.813. The number of hydrogen-bond donors (Lipinski definition) is 0. The number of carbonyl (C=O) groups excluding carboxylic acids is 2. The molecule has 136 valence electrons. The average molecular weight is 354 g/mol. The largest absolute Gasteiger partial charge is 0.496 e. The summed E-state index contributed by atoms with van der Waals surface area (Å²) in [5, 5.41) is 0. The topological polar surface area (TPSA) is 59.1 Å². The molecule has 0 aliphatic carbocycles. The molecule has 0 spiro atoms. The number of piperazine rings is 1. The molecule has 0 unspecified atom stereocenters. The summed E-state index contributed by atoms with van der Waals surface area (Å²) in [6.45, 7) is 1.94. The third-order valence-electron chi connectivity index (χ3n) is 4.52. The van der Waals surface area contributed by atoms with Gasteiger partial charge in [-0.25, -0.2) is 0 Å². The summed E-state index contributed by atoms with van der Waals surface area (Å²) in [6, 6.07) is 14.5. The van der Waals surface area contributed by atoms with Gasteiger partial charge in [-0.2, -0.15) is 0 Å². The molecule has 0 bridgehead atoms. The van der Waals surface area contributed by atoms with Crippen LogP contribution in [0.15, 0.2) is 48.5 Å². The van der Waals surface area contributed by atoms with E-state index in [1.165, 1.54) is 14.2 Å². The maximum atomic E-state index is 13.0. The highest BCUT2D eigenvalue weighted by atomic mass is 16.5. The molecule has 0 radical (unpaired) electrons. The molecule has 6 heteroatoms. The number of methoxy groups -OCH3 is 2. The number of carbonyl (C=O) groups is 2. The fourth-order valence-corrected chi connectivity index (χ4v) is 3.10. The van der Waals surface area contributed by atoms with Gasteiger partial charge in [0.1, 0.15) is 17.1 Å². The lowest BCUT2D eigenvalue weighted by molar-refractivity contribution is 0.0531. The Morgan fingerprint density at radius 3 is 1.73 bits per heavy atom. The molecular formula is C20H22N2O4. The van der Waals surface area contributed by atoms with E-state index >= 15 is 0 Å². The van der Waals surface area contributed by atoms with Gasteiger partial charge in [0.05, 0.1) is 14.2 Å². The zero-order valence-corrected chi connectivity index (χ0v) is 15.0. The van der Waals surface area contributed by atoms with Crippen LogP contribution in [0.1, 0.15) is 20.7 Å². The Balaban J connectivity index is 1.71. The zero-order valence-electron chi connectivity index (χ0n) is 15.0. The second-order valence-corrected chi connectivity index (χ2v) is 5.99. The van der Waals surface area contributed by atoms with Crippen molar-refractivity contribution in [2.75, 3.05) is 40.4 Å². The van der Waals surface area contributed by atoms with E-state index < -0.39 is 0 Å². The number of benzene rings is 2. The van der Waals surface area contributed by atoms with Crippen molar-refractivity contribution in [3.63, 3.8) is 0 Å². The summed E-state index contributed by atoms with van der Waals surface area (Å²) in [6.07, 6.45) is 0. The molecular weight excluding hydrogens is 332 g/mol. The van der Waals surface area contributed by atoms with Gasteiger partial charge in [-0.15, -0.1) is 0 Å². The molecule has 0 N–H and O–H groups in total. The van der Waals surface area contributed by atoms with Crippen LogP contribution in [0.2, 0.25) is 0 Å². The Hall–Kier alpha value is -3.02. The number of hydrogen-bond acceptors (Lipinski definition) is 4. The normalized spacial score (nSPS) is 14.1. The van der Waals surface area contributed by atoms with Crippen LogP contribution in [0.5, 0.6) is 11.5 Å². The predicted octanol–water partition coefficient (Wildman–Crippen LogP) is 2.30. The van der Waals surface area contributed by atoms with Crippen molar-refractivity contribution < 1.29 is 19.1 Å². The second-order valence-electron chi connectivity index (χ2n) is 5.99. The first-order chi connectivity index (χ1) is 12.7. The summed E-state index contributed by atoms with van der Waals surface area (Å²) in [7, 11) is 3.06. The molecule has 1 aliphatic rings. The van der Waals surface area contributed by atoms with Crippen molar-refractivity contribution >= 4 is 11.8 Å². The molecule has 2 aromatic rings. The number of nitrogens with zero attached hydrogens (tertiary/aromatic N) is 2. The van der Waals surface area contributed by atoms with Gasteiger partial charge in [-0.1, -0.05) is 24.3 Å². The number of ether oxygens (including phenoxy) is 2. The van der Waals surface area contributed by atoms with Crippen LogP contribution in [0.3, 0.4) is 0 Å². The fraction of sp³-hybridized carbons (Fsp3) is 0.300. The molecule has 3 rings (SSSR count). The van der Waals surface area contributed by atoms with Gasteiger partial charge in [0.2, 0.25) is 0 Å². The standard InChI is InChI=1S/C20H22N2O4/c1-25-16-9-6-10-17(26-2)18(16)20(24)22-13-11-21(12-14-22)19(23)15-7-4-3-5-8-15/h3-10H,11-14H2,1-2H3. The molecule has 2 aromatic carbocycles. The Morgan fingerprint density at radius 2 is 1.23 bits per heavy atom. The second kappa shape index (κ2) is 7.91. The van der Waals surface area contributed by atoms with Crippen molar-refractivity contribution in [3.8, 4) is 11.5 Å². The monoisotopic (exact) mass is 354 g/mol. The van der Waals surface area contributed by atoms with Crippen molar-refractivity contribution in [1.82, 2.24) is 9.80 Å². The highest BCUT2D eigenvalue weighted by Gasteiger charge is 2.28. The molecule has 6 nitrogen and oxygen atoms in total. The van der Waals surface area contributed by atoms with Crippen LogP contribution in [0, 0.1) is 0 Å². The van der Waals surface area contributed by atoms with E-state index in [2.05, 4.69) is 0 Å². The molecule has 1 aliphatic heterocycles. The van der Waals surface area contributed by atoms with Gasteiger partial charge < -0.3 is 19.3 Å². The molecule has 0 aromatic heterocycles. The molecule has 2 amide bonds. The first-order valence-corrected chi connectivity index (χ1v) is 8.50. The summed E-state index contributed by atoms with van der Waals surface area (Å²) in [4.78, 5) is 29.0. The van der Waals surface area contributed by atoms with Crippen LogP contribution in [0.4, 0.5) is 0 Å². The predicted molar refractivity (Wildman–Crippen MR) is 97.8 cm³/mol. The smallest absolute Gasteiger partial charge is 0.261 e. The SMILES string of the molecule is COc1cccc(OC)c1C(=O)N1CCN(C(=O)c2ccccc2)CC1. The van der Waals surface area contributed by atoms with E-state index in [1.807, 2.05) is 18.2 Å². The minimum atomic E-state index is -0.147. The first kappa shape index (κ1) is 17.8. The summed E-state index contributed by atoms with van der Waals surface area (Å²) < 4.78 is 10.6. The van der Waals surface area contributed by atoms with Crippen molar-refractivity contribution in [1.29, 1.82) is 0 Å². The van der Waals surface area contributed by atoms with Crippen molar-refractivity contribution in [2.24, 2.45) is 0 Å². The molecule has 0 atom stereocenters. The van der Waals surface area contributed by atoms with E-state index in [0.29, 0.717) is 48.8 Å². The van der Waals surface area contributed by atoms with E-state index in [1.54, 1.807) is 40.1 Å². The highest BCUT2D eigenvalue weighted by molar-refractivity contribution is 6.00. The van der Waals surface area contributed by atoms with Crippen LogP contribution < -0.4 is 9.47 Å². The minimum absolute atomic E-state index is 0.00688. The average Bonchev–Trinajstić information content (AvgIpc) is 2.72. The quantitative estimate of drug-likeness (QED) is 0.845. The molecule has 0 saturated carbocycles. The molecule has 26 heavy (non-hydrogen) atoms. The molecule has 1 heterocycles. The Bertz CT molecular complexity index is 761. The van der Waals surface area contributed by atoms with E-state index in [4.69, 9.17) is 9.47 Å². The Kier molecular flexibility index (Phi) is 5.41. The van der Waals surface area contributed by atoms with Gasteiger partial charge in [0, 0.05) is 31.7 Å². The van der Waals surface area contributed by atoms with Crippen LogP contribution >= 0.6 is 0 Å². The van der Waals surface area contributed by atoms with Crippen LogP contribution in [-0.4, -0.2) is 62.0 Å². The first-order valence-electron chi connectivity index (χ1n) is 8.50. The Morgan fingerprint density at radius 1 is 0.731 bits per heavy atom. The molecule has 1 fully saturated rings. The fourth-order valence-electron chi connectivity index (χ4n) is 3.10. The highest BCUT2D eigenvalue weighted by Crippen LogP contribution is 2.29. The lowest BCUT2D eigenvalue weighted by Gasteiger charge is -2.35. The van der Waals surface area contributed by atoms with Gasteiger partial charge in [0.25, 0.3) is 11.8 Å². The third kappa shape index (κ3) is 3.49. The van der Waals surface area contributed by atoms with Crippen LogP contribution in [0.25, 0.3) is 0 Å². The lowest BCUT2D eigenvalue weighted by Crippen LogP contribution is -2.50. The number of rotatable bonds is 4. The maximum absolute atomic E-state index is 13.0. The lowest BCUT2D eigenvalue weighted by atomic mass is 10.1. The number of amides is 2. The summed E-state index contributed by atoms with van der Waals surface area (Å²) in [5.41, 5.74) is 1.08. The Labute approximate surface area is 152 Å². The van der Waals surface area contributed by atoms with Gasteiger partial charge in [-0.3, -0.25) is 9.59 Å². The van der Waals surface area contributed by atoms with Crippen molar-refractivity contribution in [2.45, 2.75) is 0 Å². The van der Waals surface area contributed by atoms with Gasteiger partial charge >= 0.3 is 0 Å². The van der Waals surface area contributed by atoms with Crippen LogP contribution in [-0.2, 0) is 0 Å². The van der Waals surface area contributed by atoms with Gasteiger partial charge in [-0.05, 0) is 24.3 Å².